The minimum atomic E-state index is -0.509. The van der Waals surface area contributed by atoms with E-state index in [1.54, 1.807) is 7.11 Å². The average molecular weight is 244 g/mol. The predicted molar refractivity (Wildman–Crippen MR) is 64.7 cm³/mol. The van der Waals surface area contributed by atoms with E-state index in [0.29, 0.717) is 13.0 Å². The van der Waals surface area contributed by atoms with Gasteiger partial charge in [0.25, 0.3) is 0 Å². The number of hydrogen-bond donors (Lipinski definition) is 0. The van der Waals surface area contributed by atoms with Gasteiger partial charge in [0.2, 0.25) is 0 Å². The summed E-state index contributed by atoms with van der Waals surface area (Å²) in [6.45, 7) is 8.53. The summed E-state index contributed by atoms with van der Waals surface area (Å²) in [6, 6.07) is 0. The molecule has 0 radical (unpaired) electrons. The molecule has 1 heterocycles. The second-order valence-electron chi connectivity index (χ2n) is 5.31. The molecule has 0 aromatic heterocycles. The van der Waals surface area contributed by atoms with E-state index in [9.17, 15) is 4.79 Å². The fourth-order valence-electron chi connectivity index (χ4n) is 2.44. The van der Waals surface area contributed by atoms with Crippen LogP contribution in [0.3, 0.4) is 0 Å². The molecule has 0 aromatic carbocycles. The number of hydrogen-bond acceptors (Lipinski definition) is 4. The Hall–Kier alpha value is -0.450. The first kappa shape index (κ1) is 14.6. The zero-order valence-electron chi connectivity index (χ0n) is 11.4. The van der Waals surface area contributed by atoms with Gasteiger partial charge >= 0.3 is 0 Å². The first-order chi connectivity index (χ1) is 7.91. The lowest BCUT2D eigenvalue weighted by Gasteiger charge is -2.31. The van der Waals surface area contributed by atoms with Crippen LogP contribution in [0.5, 0.6) is 0 Å². The minimum absolute atomic E-state index is 0.0164. The number of rotatable bonds is 6. The van der Waals surface area contributed by atoms with Crippen molar-refractivity contribution in [2.45, 2.75) is 52.1 Å². The Morgan fingerprint density at radius 3 is 2.53 bits per heavy atom. The van der Waals surface area contributed by atoms with E-state index in [1.165, 1.54) is 0 Å². The normalized spacial score (nSPS) is 28.6. The Kier molecular flexibility index (Phi) is 5.10. The summed E-state index contributed by atoms with van der Waals surface area (Å²) >= 11 is 0. The maximum Gasteiger partial charge on any atom is 0.163 e. The van der Waals surface area contributed by atoms with Gasteiger partial charge < -0.3 is 19.0 Å². The molecule has 17 heavy (non-hydrogen) atoms. The second-order valence-corrected chi connectivity index (χ2v) is 5.31. The van der Waals surface area contributed by atoms with Crippen molar-refractivity contribution in [3.05, 3.63) is 0 Å². The molecular formula is C13H24O4. The smallest absolute Gasteiger partial charge is 0.163 e. The van der Waals surface area contributed by atoms with Gasteiger partial charge in [-0.1, -0.05) is 13.8 Å². The zero-order chi connectivity index (χ0) is 13.1. The molecule has 4 heteroatoms. The molecule has 0 spiro atoms. The molecule has 0 N–H and O–H groups in total. The lowest BCUT2D eigenvalue weighted by molar-refractivity contribution is -0.152. The third-order valence-corrected chi connectivity index (χ3v) is 3.44. The summed E-state index contributed by atoms with van der Waals surface area (Å²) in [4.78, 5) is 10.6. The van der Waals surface area contributed by atoms with Crippen LogP contribution in [0.2, 0.25) is 0 Å². The molecule has 0 saturated carbocycles. The second kappa shape index (κ2) is 5.94. The van der Waals surface area contributed by atoms with Gasteiger partial charge in [-0.2, -0.15) is 0 Å². The summed E-state index contributed by atoms with van der Waals surface area (Å²) in [5, 5.41) is 0. The van der Waals surface area contributed by atoms with Crippen molar-refractivity contribution in [2.24, 2.45) is 11.8 Å². The van der Waals surface area contributed by atoms with Gasteiger partial charge in [-0.05, 0) is 19.8 Å². The molecule has 4 nitrogen and oxygen atoms in total. The highest BCUT2D eigenvalue weighted by atomic mass is 16.7. The number of methoxy groups -OCH3 is 1. The zero-order valence-corrected chi connectivity index (χ0v) is 11.4. The number of carbonyl (C=O) groups excluding carboxylic acids is 1. The van der Waals surface area contributed by atoms with Gasteiger partial charge in [0.1, 0.15) is 6.29 Å². The summed E-state index contributed by atoms with van der Waals surface area (Å²) < 4.78 is 16.9. The van der Waals surface area contributed by atoms with Crippen LogP contribution in [0.1, 0.15) is 34.1 Å². The van der Waals surface area contributed by atoms with E-state index in [2.05, 4.69) is 6.92 Å². The van der Waals surface area contributed by atoms with E-state index >= 15 is 0 Å². The van der Waals surface area contributed by atoms with E-state index in [-0.39, 0.29) is 24.0 Å². The Morgan fingerprint density at radius 1 is 1.47 bits per heavy atom. The van der Waals surface area contributed by atoms with Crippen LogP contribution in [-0.4, -0.2) is 38.0 Å². The van der Waals surface area contributed by atoms with E-state index in [1.807, 2.05) is 20.8 Å². The van der Waals surface area contributed by atoms with E-state index in [4.69, 9.17) is 14.2 Å². The van der Waals surface area contributed by atoms with Crippen molar-refractivity contribution in [3.8, 4) is 0 Å². The molecule has 1 fully saturated rings. The number of ether oxygens (including phenoxy) is 3. The van der Waals surface area contributed by atoms with Crippen LogP contribution in [0.4, 0.5) is 0 Å². The fourth-order valence-corrected chi connectivity index (χ4v) is 2.44. The van der Waals surface area contributed by atoms with Crippen LogP contribution < -0.4 is 0 Å². The summed E-state index contributed by atoms with van der Waals surface area (Å²) in [7, 11) is 1.68. The molecule has 100 valence electrons. The molecule has 4 atom stereocenters. The molecular weight excluding hydrogens is 220 g/mol. The van der Waals surface area contributed by atoms with E-state index in [0.717, 1.165) is 6.29 Å². The SMILES string of the molecule is CO[C@@H]([C@@H](C)[C@H]1COC(C)(C)O1)[C@@H](C)CC=O. The highest BCUT2D eigenvalue weighted by molar-refractivity contribution is 5.49. The van der Waals surface area contributed by atoms with Gasteiger partial charge in [0.05, 0.1) is 18.8 Å². The Morgan fingerprint density at radius 2 is 2.12 bits per heavy atom. The molecule has 0 amide bonds. The van der Waals surface area contributed by atoms with Gasteiger partial charge in [-0.3, -0.25) is 0 Å². The van der Waals surface area contributed by atoms with E-state index < -0.39 is 5.79 Å². The third-order valence-electron chi connectivity index (χ3n) is 3.44. The quantitative estimate of drug-likeness (QED) is 0.670. The molecule has 1 rings (SSSR count). The Balaban J connectivity index is 2.60. The molecule has 0 aromatic rings. The maximum absolute atomic E-state index is 10.6. The first-order valence-corrected chi connectivity index (χ1v) is 6.19. The van der Waals surface area contributed by atoms with Crippen LogP contribution in [0.15, 0.2) is 0 Å². The van der Waals surface area contributed by atoms with Crippen molar-refractivity contribution < 1.29 is 19.0 Å². The molecule has 0 bridgehead atoms. The summed E-state index contributed by atoms with van der Waals surface area (Å²) in [5.74, 6) is -0.109. The monoisotopic (exact) mass is 244 g/mol. The first-order valence-electron chi connectivity index (χ1n) is 6.19. The molecule has 0 aliphatic carbocycles. The molecule has 1 aliphatic heterocycles. The molecule has 0 unspecified atom stereocenters. The largest absolute Gasteiger partial charge is 0.381 e. The van der Waals surface area contributed by atoms with Gasteiger partial charge in [-0.15, -0.1) is 0 Å². The van der Waals surface area contributed by atoms with Crippen molar-refractivity contribution in [1.82, 2.24) is 0 Å². The van der Waals surface area contributed by atoms with Crippen LogP contribution in [0, 0.1) is 11.8 Å². The topological polar surface area (TPSA) is 44.8 Å². The van der Waals surface area contributed by atoms with Crippen molar-refractivity contribution in [2.75, 3.05) is 13.7 Å². The summed E-state index contributed by atoms with van der Waals surface area (Å²) in [6.07, 6.45) is 1.51. The van der Waals surface area contributed by atoms with Crippen LogP contribution in [-0.2, 0) is 19.0 Å². The van der Waals surface area contributed by atoms with Gasteiger partial charge in [0, 0.05) is 19.4 Å². The van der Waals surface area contributed by atoms with Gasteiger partial charge in [0.15, 0.2) is 5.79 Å². The number of carbonyl (C=O) groups is 1. The number of aldehydes is 1. The Labute approximate surface area is 104 Å². The fraction of sp³-hybridized carbons (Fsp3) is 0.923. The Bertz CT molecular complexity index is 252. The molecule has 1 saturated heterocycles. The minimum Gasteiger partial charge on any atom is -0.381 e. The standard InChI is InChI=1S/C13H24O4/c1-9(6-7-14)12(15-5)10(2)11-8-16-13(3,4)17-11/h7,9-12H,6,8H2,1-5H3/t9-,10-,11+,12+/m0/s1. The average Bonchev–Trinajstić information content (AvgIpc) is 2.60. The van der Waals surface area contributed by atoms with Crippen molar-refractivity contribution in [1.29, 1.82) is 0 Å². The highest BCUT2D eigenvalue weighted by Gasteiger charge is 2.39. The molecule has 1 aliphatic rings. The maximum atomic E-state index is 10.6. The highest BCUT2D eigenvalue weighted by Crippen LogP contribution is 2.31. The van der Waals surface area contributed by atoms with Crippen LogP contribution >= 0.6 is 0 Å². The summed E-state index contributed by atoms with van der Waals surface area (Å²) in [5.41, 5.74) is 0. The third kappa shape index (κ3) is 3.76. The van der Waals surface area contributed by atoms with Crippen LogP contribution in [0.25, 0.3) is 0 Å². The van der Waals surface area contributed by atoms with Crippen molar-refractivity contribution in [3.63, 3.8) is 0 Å². The predicted octanol–water partition coefficient (Wildman–Crippen LogP) is 2.01. The van der Waals surface area contributed by atoms with Gasteiger partial charge in [-0.25, -0.2) is 0 Å². The van der Waals surface area contributed by atoms with Crippen molar-refractivity contribution >= 4 is 6.29 Å². The lowest BCUT2D eigenvalue weighted by Crippen LogP contribution is -2.37. The lowest BCUT2D eigenvalue weighted by atomic mass is 9.88.